The minimum Gasteiger partial charge on any atom is -0.486 e. The van der Waals surface area contributed by atoms with Gasteiger partial charge in [0, 0.05) is 7.05 Å². The van der Waals surface area contributed by atoms with Gasteiger partial charge in [0.05, 0.1) is 39.0 Å². The molecule has 1 aliphatic rings. The van der Waals surface area contributed by atoms with Crippen molar-refractivity contribution in [3.63, 3.8) is 0 Å². The molecule has 1 aliphatic heterocycles. The fourth-order valence-corrected chi connectivity index (χ4v) is 3.67. The number of carbonyl (C=O) groups is 2. The molecule has 0 aromatic heterocycles. The maximum absolute atomic E-state index is 12.9. The molecular formula is C21H19Cl3N2O4. The Kier molecular flexibility index (Phi) is 7.13. The highest BCUT2D eigenvalue weighted by atomic mass is 35.5. The van der Waals surface area contributed by atoms with E-state index in [9.17, 15) is 9.59 Å². The number of para-hydroxylation sites is 1. The van der Waals surface area contributed by atoms with Gasteiger partial charge in [-0.15, -0.1) is 0 Å². The van der Waals surface area contributed by atoms with Crippen molar-refractivity contribution in [3.05, 3.63) is 74.4 Å². The normalized spacial score (nSPS) is 16.4. The Labute approximate surface area is 189 Å². The molecule has 1 unspecified atom stereocenters. The zero-order valence-electron chi connectivity index (χ0n) is 16.2. The van der Waals surface area contributed by atoms with Crippen LogP contribution < -0.4 is 10.1 Å². The summed E-state index contributed by atoms with van der Waals surface area (Å²) < 4.78 is 11.1. The summed E-state index contributed by atoms with van der Waals surface area (Å²) in [6, 6.07) is 10.6. The van der Waals surface area contributed by atoms with Crippen LogP contribution in [0.2, 0.25) is 15.1 Å². The number of amides is 2. The number of halogens is 3. The van der Waals surface area contributed by atoms with E-state index in [2.05, 4.69) is 5.32 Å². The second-order valence-corrected chi connectivity index (χ2v) is 7.58. The number of hydrogen-bond donors (Lipinski definition) is 1. The van der Waals surface area contributed by atoms with Crippen LogP contribution in [0.25, 0.3) is 0 Å². The first-order chi connectivity index (χ1) is 14.3. The van der Waals surface area contributed by atoms with Gasteiger partial charge >= 0.3 is 12.0 Å². The van der Waals surface area contributed by atoms with Crippen molar-refractivity contribution in [2.24, 2.45) is 0 Å². The standard InChI is InChI=1S/C21H19Cl3N2O4/c1-3-29-20(27)17-15(11-30-16-10-5-4-8-13(16)22)26(2)21(28)25-19(17)12-7-6-9-14(23)18(12)24/h4-10,19H,3,11H2,1-2H3,(H,25,28). The molecule has 2 amide bonds. The number of hydrogen-bond acceptors (Lipinski definition) is 4. The number of ether oxygens (including phenoxy) is 2. The molecule has 0 bridgehead atoms. The summed E-state index contributed by atoms with van der Waals surface area (Å²) in [5, 5.41) is 3.74. The molecule has 0 saturated heterocycles. The van der Waals surface area contributed by atoms with E-state index in [1.54, 1.807) is 49.4 Å². The number of carbonyl (C=O) groups excluding carboxylic acids is 2. The Hall–Kier alpha value is -2.41. The average Bonchev–Trinajstić information content (AvgIpc) is 2.72. The average molecular weight is 470 g/mol. The zero-order chi connectivity index (χ0) is 21.8. The molecule has 0 radical (unpaired) electrons. The quantitative estimate of drug-likeness (QED) is 0.588. The molecule has 1 heterocycles. The van der Waals surface area contributed by atoms with Crippen LogP contribution in [0.1, 0.15) is 18.5 Å². The molecule has 6 nitrogen and oxygen atoms in total. The van der Waals surface area contributed by atoms with Crippen LogP contribution in [0, 0.1) is 0 Å². The van der Waals surface area contributed by atoms with E-state index in [0.717, 1.165) is 0 Å². The molecule has 0 aliphatic carbocycles. The molecule has 0 fully saturated rings. The minimum absolute atomic E-state index is 0.0868. The van der Waals surface area contributed by atoms with Crippen molar-refractivity contribution in [1.82, 2.24) is 10.2 Å². The van der Waals surface area contributed by atoms with E-state index in [4.69, 9.17) is 44.3 Å². The van der Waals surface area contributed by atoms with Crippen LogP contribution in [0.4, 0.5) is 4.79 Å². The number of benzene rings is 2. The lowest BCUT2D eigenvalue weighted by Gasteiger charge is -2.34. The SMILES string of the molecule is CCOC(=O)C1=C(COc2ccccc2Cl)N(C)C(=O)NC1c1cccc(Cl)c1Cl. The zero-order valence-corrected chi connectivity index (χ0v) is 18.5. The number of urea groups is 1. The highest BCUT2D eigenvalue weighted by Gasteiger charge is 2.38. The van der Waals surface area contributed by atoms with Crippen LogP contribution in [-0.2, 0) is 9.53 Å². The number of esters is 1. The minimum atomic E-state index is -0.858. The summed E-state index contributed by atoms with van der Waals surface area (Å²) in [6.45, 7) is 1.77. The van der Waals surface area contributed by atoms with Gasteiger partial charge in [0.15, 0.2) is 0 Å². The number of nitrogens with zero attached hydrogens (tertiary/aromatic N) is 1. The summed E-state index contributed by atoms with van der Waals surface area (Å²) in [6.07, 6.45) is 0. The molecule has 3 rings (SSSR count). The van der Waals surface area contributed by atoms with Crippen molar-refractivity contribution < 1.29 is 19.1 Å². The van der Waals surface area contributed by atoms with Gasteiger partial charge in [-0.2, -0.15) is 0 Å². The molecular weight excluding hydrogens is 451 g/mol. The Morgan fingerprint density at radius 3 is 2.50 bits per heavy atom. The monoisotopic (exact) mass is 468 g/mol. The summed E-state index contributed by atoms with van der Waals surface area (Å²) in [5.74, 6) is -0.172. The highest BCUT2D eigenvalue weighted by Crippen LogP contribution is 2.37. The van der Waals surface area contributed by atoms with Crippen LogP contribution in [0.15, 0.2) is 53.7 Å². The molecule has 30 heavy (non-hydrogen) atoms. The molecule has 158 valence electrons. The maximum atomic E-state index is 12.9. The molecule has 0 saturated carbocycles. The molecule has 1 atom stereocenters. The topological polar surface area (TPSA) is 67.9 Å². The van der Waals surface area contributed by atoms with E-state index >= 15 is 0 Å². The van der Waals surface area contributed by atoms with E-state index in [0.29, 0.717) is 27.1 Å². The van der Waals surface area contributed by atoms with Crippen molar-refractivity contribution in [2.75, 3.05) is 20.3 Å². The summed E-state index contributed by atoms with van der Waals surface area (Å²) >= 11 is 18.7. The second kappa shape index (κ2) is 9.60. The molecule has 0 spiro atoms. The molecule has 2 aromatic carbocycles. The van der Waals surface area contributed by atoms with Gasteiger partial charge < -0.3 is 14.8 Å². The highest BCUT2D eigenvalue weighted by molar-refractivity contribution is 6.42. The van der Waals surface area contributed by atoms with Crippen molar-refractivity contribution in [1.29, 1.82) is 0 Å². The Bertz CT molecular complexity index is 1010. The van der Waals surface area contributed by atoms with Gasteiger partial charge in [0.2, 0.25) is 0 Å². The van der Waals surface area contributed by atoms with Gasteiger partial charge in [-0.3, -0.25) is 4.90 Å². The van der Waals surface area contributed by atoms with E-state index in [1.165, 1.54) is 11.9 Å². The lowest BCUT2D eigenvalue weighted by Crippen LogP contribution is -2.48. The van der Waals surface area contributed by atoms with Gasteiger partial charge in [-0.25, -0.2) is 9.59 Å². The number of rotatable bonds is 6. The van der Waals surface area contributed by atoms with Crippen LogP contribution >= 0.6 is 34.8 Å². The van der Waals surface area contributed by atoms with Gasteiger partial charge in [-0.05, 0) is 30.7 Å². The van der Waals surface area contributed by atoms with E-state index < -0.39 is 18.0 Å². The predicted octanol–water partition coefficient (Wildman–Crippen LogP) is 5.24. The van der Waals surface area contributed by atoms with Crippen molar-refractivity contribution >= 4 is 46.8 Å². The smallest absolute Gasteiger partial charge is 0.338 e. The van der Waals surface area contributed by atoms with E-state index in [1.807, 2.05) is 0 Å². The van der Waals surface area contributed by atoms with Gasteiger partial charge in [-0.1, -0.05) is 59.1 Å². The predicted molar refractivity (Wildman–Crippen MR) is 116 cm³/mol. The van der Waals surface area contributed by atoms with Crippen molar-refractivity contribution in [3.8, 4) is 5.75 Å². The Balaban J connectivity index is 2.09. The Morgan fingerprint density at radius 1 is 1.10 bits per heavy atom. The summed E-state index contributed by atoms with van der Waals surface area (Å²) in [7, 11) is 1.54. The largest absolute Gasteiger partial charge is 0.486 e. The van der Waals surface area contributed by atoms with Crippen LogP contribution in [0.3, 0.4) is 0 Å². The fourth-order valence-electron chi connectivity index (χ4n) is 3.07. The first-order valence-corrected chi connectivity index (χ1v) is 10.2. The molecule has 2 aromatic rings. The maximum Gasteiger partial charge on any atom is 0.338 e. The van der Waals surface area contributed by atoms with Gasteiger partial charge in [0.1, 0.15) is 12.4 Å². The third-order valence-corrected chi connectivity index (χ3v) is 5.71. The van der Waals surface area contributed by atoms with Crippen LogP contribution in [-0.4, -0.2) is 37.2 Å². The lowest BCUT2D eigenvalue weighted by atomic mass is 9.94. The first kappa shape index (κ1) is 22.3. The summed E-state index contributed by atoms with van der Waals surface area (Å²) in [4.78, 5) is 26.9. The first-order valence-electron chi connectivity index (χ1n) is 9.10. The van der Waals surface area contributed by atoms with Crippen molar-refractivity contribution in [2.45, 2.75) is 13.0 Å². The third-order valence-electron chi connectivity index (χ3n) is 4.57. The van der Waals surface area contributed by atoms with Gasteiger partial charge in [0.25, 0.3) is 0 Å². The number of likely N-dealkylation sites (N-methyl/N-ethyl adjacent to an activating group) is 1. The Morgan fingerprint density at radius 2 is 1.80 bits per heavy atom. The van der Waals surface area contributed by atoms with Crippen LogP contribution in [0.5, 0.6) is 5.75 Å². The molecule has 1 N–H and O–H groups in total. The third kappa shape index (κ3) is 4.51. The second-order valence-electron chi connectivity index (χ2n) is 6.38. The summed E-state index contributed by atoms with van der Waals surface area (Å²) in [5.41, 5.74) is 1.01. The van der Waals surface area contributed by atoms with E-state index in [-0.39, 0.29) is 23.8 Å². The fraction of sp³-hybridized carbons (Fsp3) is 0.238. The lowest BCUT2D eigenvalue weighted by molar-refractivity contribution is -0.139. The molecule has 9 heteroatoms. The number of nitrogens with one attached hydrogen (secondary N) is 1.